The van der Waals surface area contributed by atoms with Crippen LogP contribution < -0.4 is 0 Å². The third-order valence-corrected chi connectivity index (χ3v) is 2.40. The van der Waals surface area contributed by atoms with Crippen molar-refractivity contribution < 1.29 is 5.11 Å². The largest absolute Gasteiger partial charge is 0.393 e. The molecule has 0 saturated carbocycles. The molecule has 0 rings (SSSR count). The van der Waals surface area contributed by atoms with Crippen LogP contribution in [0, 0.1) is 5.41 Å². The zero-order valence-corrected chi connectivity index (χ0v) is 9.90. The molecule has 0 amide bonds. The Balaban J connectivity index is 3.31. The molecule has 0 aromatic heterocycles. The summed E-state index contributed by atoms with van der Waals surface area (Å²) in [5.74, 6) is 0.663. The van der Waals surface area contributed by atoms with E-state index in [2.05, 4.69) is 20.8 Å². The summed E-state index contributed by atoms with van der Waals surface area (Å²) in [7, 11) is 0. The van der Waals surface area contributed by atoms with E-state index in [0.29, 0.717) is 11.3 Å². The number of rotatable bonds is 6. The van der Waals surface area contributed by atoms with Crippen molar-refractivity contribution in [2.45, 2.75) is 59.0 Å². The van der Waals surface area contributed by atoms with Crippen LogP contribution in [0.25, 0.3) is 0 Å². The molecule has 1 atom stereocenters. The van der Waals surface area contributed by atoms with E-state index in [0.717, 1.165) is 25.7 Å². The van der Waals surface area contributed by atoms with Crippen molar-refractivity contribution >= 4 is 11.6 Å². The maximum absolute atomic E-state index is 9.52. The highest BCUT2D eigenvalue weighted by Gasteiger charge is 2.11. The molecule has 0 aliphatic heterocycles. The van der Waals surface area contributed by atoms with Crippen molar-refractivity contribution in [3.05, 3.63) is 0 Å². The van der Waals surface area contributed by atoms with Crippen LogP contribution in [0.2, 0.25) is 0 Å². The molecule has 0 fully saturated rings. The lowest BCUT2D eigenvalue weighted by molar-refractivity contribution is 0.145. The maximum Gasteiger partial charge on any atom is 0.0540 e. The molecule has 13 heavy (non-hydrogen) atoms. The fraction of sp³-hybridized carbons (Fsp3) is 1.00. The van der Waals surface area contributed by atoms with E-state index in [-0.39, 0.29) is 6.10 Å². The van der Waals surface area contributed by atoms with Crippen molar-refractivity contribution in [1.29, 1.82) is 0 Å². The van der Waals surface area contributed by atoms with Gasteiger partial charge in [-0.1, -0.05) is 27.2 Å². The van der Waals surface area contributed by atoms with Gasteiger partial charge in [-0.05, 0) is 31.1 Å². The zero-order chi connectivity index (χ0) is 10.3. The van der Waals surface area contributed by atoms with Crippen LogP contribution in [0.3, 0.4) is 0 Å². The Labute approximate surface area is 87.5 Å². The first-order chi connectivity index (χ1) is 5.95. The number of aliphatic hydroxyl groups excluding tert-OH is 1. The quantitative estimate of drug-likeness (QED) is 0.659. The molecular formula is C11H23ClO. The third kappa shape index (κ3) is 10.2. The molecule has 1 unspecified atom stereocenters. The second-order valence-electron chi connectivity index (χ2n) is 4.94. The Morgan fingerprint density at radius 3 is 2.15 bits per heavy atom. The van der Waals surface area contributed by atoms with Crippen LogP contribution in [-0.4, -0.2) is 17.1 Å². The lowest BCUT2D eigenvalue weighted by atomic mass is 9.89. The monoisotopic (exact) mass is 206 g/mol. The minimum absolute atomic E-state index is 0.138. The average Bonchev–Trinajstić information content (AvgIpc) is 1.98. The molecule has 0 radical (unpaired) electrons. The molecule has 1 nitrogen and oxygen atoms in total. The first-order valence-corrected chi connectivity index (χ1v) is 5.73. The van der Waals surface area contributed by atoms with Gasteiger partial charge in [0.2, 0.25) is 0 Å². The van der Waals surface area contributed by atoms with Gasteiger partial charge in [0, 0.05) is 5.88 Å². The van der Waals surface area contributed by atoms with E-state index >= 15 is 0 Å². The number of aliphatic hydroxyl groups is 1. The smallest absolute Gasteiger partial charge is 0.0540 e. The van der Waals surface area contributed by atoms with Crippen molar-refractivity contribution in [3.8, 4) is 0 Å². The van der Waals surface area contributed by atoms with Gasteiger partial charge < -0.3 is 5.11 Å². The van der Waals surface area contributed by atoms with Crippen LogP contribution in [0.4, 0.5) is 0 Å². The SMILES string of the molecule is CC(C)(C)CCCC(O)CCCCl. The summed E-state index contributed by atoms with van der Waals surface area (Å²) in [6, 6.07) is 0. The predicted octanol–water partition coefficient (Wildman–Crippen LogP) is 3.58. The van der Waals surface area contributed by atoms with Gasteiger partial charge in [0.1, 0.15) is 0 Å². The summed E-state index contributed by atoms with van der Waals surface area (Å²) in [4.78, 5) is 0. The number of hydrogen-bond donors (Lipinski definition) is 1. The molecule has 1 N–H and O–H groups in total. The van der Waals surface area contributed by atoms with E-state index in [1.165, 1.54) is 6.42 Å². The lowest BCUT2D eigenvalue weighted by Crippen LogP contribution is -2.10. The molecule has 0 aromatic carbocycles. The van der Waals surface area contributed by atoms with Gasteiger partial charge in [0.25, 0.3) is 0 Å². The Hall–Kier alpha value is 0.250. The minimum atomic E-state index is -0.138. The Morgan fingerprint density at radius 1 is 1.15 bits per heavy atom. The normalized spacial score (nSPS) is 14.5. The van der Waals surface area contributed by atoms with E-state index in [1.54, 1.807) is 0 Å². The highest BCUT2D eigenvalue weighted by molar-refractivity contribution is 6.17. The van der Waals surface area contributed by atoms with Crippen molar-refractivity contribution in [2.75, 3.05) is 5.88 Å². The summed E-state index contributed by atoms with van der Waals surface area (Å²) in [6.45, 7) is 6.70. The molecule has 0 aliphatic carbocycles. The van der Waals surface area contributed by atoms with Crippen LogP contribution in [0.15, 0.2) is 0 Å². The summed E-state index contributed by atoms with van der Waals surface area (Å²) in [5.41, 5.74) is 0.395. The van der Waals surface area contributed by atoms with Gasteiger partial charge in [0.15, 0.2) is 0 Å². The Bertz CT molecular complexity index is 118. The van der Waals surface area contributed by atoms with Gasteiger partial charge in [0.05, 0.1) is 6.10 Å². The first kappa shape index (κ1) is 13.2. The topological polar surface area (TPSA) is 20.2 Å². The van der Waals surface area contributed by atoms with Crippen molar-refractivity contribution in [1.82, 2.24) is 0 Å². The van der Waals surface area contributed by atoms with Gasteiger partial charge in [-0.15, -0.1) is 11.6 Å². The second kappa shape index (κ2) is 6.67. The molecule has 0 aliphatic rings. The van der Waals surface area contributed by atoms with Crippen LogP contribution in [0.1, 0.15) is 52.9 Å². The fourth-order valence-corrected chi connectivity index (χ4v) is 1.48. The minimum Gasteiger partial charge on any atom is -0.393 e. The number of hydrogen-bond acceptors (Lipinski definition) is 1. The van der Waals surface area contributed by atoms with Gasteiger partial charge >= 0.3 is 0 Å². The average molecular weight is 207 g/mol. The summed E-state index contributed by atoms with van der Waals surface area (Å²) in [6.07, 6.45) is 4.87. The standard InChI is InChI=1S/C11H23ClO/c1-11(2,3)8-4-6-10(13)7-5-9-12/h10,13H,4-9H2,1-3H3. The van der Waals surface area contributed by atoms with Gasteiger partial charge in [-0.2, -0.15) is 0 Å². The number of halogens is 1. The zero-order valence-electron chi connectivity index (χ0n) is 9.15. The Kier molecular flexibility index (Phi) is 6.79. The molecule has 2 heteroatoms. The van der Waals surface area contributed by atoms with Gasteiger partial charge in [-0.3, -0.25) is 0 Å². The maximum atomic E-state index is 9.52. The van der Waals surface area contributed by atoms with E-state index in [4.69, 9.17) is 11.6 Å². The van der Waals surface area contributed by atoms with Crippen molar-refractivity contribution in [2.24, 2.45) is 5.41 Å². The molecule has 0 heterocycles. The first-order valence-electron chi connectivity index (χ1n) is 5.20. The highest BCUT2D eigenvalue weighted by atomic mass is 35.5. The molecule has 80 valence electrons. The van der Waals surface area contributed by atoms with Crippen LogP contribution >= 0.6 is 11.6 Å². The molecular weight excluding hydrogens is 184 g/mol. The van der Waals surface area contributed by atoms with Crippen LogP contribution in [-0.2, 0) is 0 Å². The third-order valence-electron chi connectivity index (χ3n) is 2.14. The molecule has 0 saturated heterocycles. The molecule has 0 bridgehead atoms. The van der Waals surface area contributed by atoms with Crippen molar-refractivity contribution in [3.63, 3.8) is 0 Å². The number of alkyl halides is 1. The highest BCUT2D eigenvalue weighted by Crippen LogP contribution is 2.22. The van der Waals surface area contributed by atoms with Gasteiger partial charge in [-0.25, -0.2) is 0 Å². The Morgan fingerprint density at radius 2 is 1.69 bits per heavy atom. The van der Waals surface area contributed by atoms with Crippen LogP contribution in [0.5, 0.6) is 0 Å². The molecule has 0 aromatic rings. The summed E-state index contributed by atoms with van der Waals surface area (Å²) >= 11 is 5.54. The van der Waals surface area contributed by atoms with E-state index < -0.39 is 0 Å². The predicted molar refractivity (Wildman–Crippen MR) is 59.3 cm³/mol. The summed E-state index contributed by atoms with van der Waals surface area (Å²) < 4.78 is 0. The fourth-order valence-electron chi connectivity index (χ4n) is 1.33. The second-order valence-corrected chi connectivity index (χ2v) is 5.32. The summed E-state index contributed by atoms with van der Waals surface area (Å²) in [5, 5.41) is 9.52. The van der Waals surface area contributed by atoms with E-state index in [9.17, 15) is 5.11 Å². The molecule has 0 spiro atoms. The lowest BCUT2D eigenvalue weighted by Gasteiger charge is -2.18. The van der Waals surface area contributed by atoms with E-state index in [1.807, 2.05) is 0 Å².